The first-order valence-corrected chi connectivity index (χ1v) is 8.44. The molecule has 0 aliphatic heterocycles. The Hall–Kier alpha value is -1.64. The molecule has 1 amide bonds. The number of amides is 1. The molecule has 2 unspecified atom stereocenters. The molecule has 1 aromatic rings. The SMILES string of the molecule is CC1CCCC(C(=O)NCC(=O)c2ccccc2)C1.CCC. The van der Waals surface area contributed by atoms with Gasteiger partial charge in [-0.05, 0) is 18.8 Å². The molecule has 0 aromatic heterocycles. The number of ketones is 1. The van der Waals surface area contributed by atoms with Crippen LogP contribution in [0.15, 0.2) is 30.3 Å². The van der Waals surface area contributed by atoms with Crippen molar-refractivity contribution in [2.24, 2.45) is 11.8 Å². The van der Waals surface area contributed by atoms with Gasteiger partial charge >= 0.3 is 0 Å². The summed E-state index contributed by atoms with van der Waals surface area (Å²) in [5, 5.41) is 2.78. The molecule has 0 spiro atoms. The van der Waals surface area contributed by atoms with Crippen molar-refractivity contribution >= 4 is 11.7 Å². The summed E-state index contributed by atoms with van der Waals surface area (Å²) < 4.78 is 0. The molecule has 22 heavy (non-hydrogen) atoms. The van der Waals surface area contributed by atoms with E-state index in [1.54, 1.807) is 12.1 Å². The number of carbonyl (C=O) groups is 2. The van der Waals surface area contributed by atoms with Crippen LogP contribution in [-0.2, 0) is 4.79 Å². The molecule has 3 nitrogen and oxygen atoms in total. The van der Waals surface area contributed by atoms with Crippen LogP contribution < -0.4 is 5.32 Å². The van der Waals surface area contributed by atoms with Crippen molar-refractivity contribution < 1.29 is 9.59 Å². The predicted molar refractivity (Wildman–Crippen MR) is 90.9 cm³/mol. The molecule has 0 saturated heterocycles. The Morgan fingerprint density at radius 1 is 1.14 bits per heavy atom. The van der Waals surface area contributed by atoms with Crippen molar-refractivity contribution in [3.8, 4) is 0 Å². The molecule has 1 fully saturated rings. The summed E-state index contributed by atoms with van der Waals surface area (Å²) in [5.74, 6) is 0.718. The second kappa shape index (κ2) is 10.1. The van der Waals surface area contributed by atoms with E-state index in [4.69, 9.17) is 0 Å². The van der Waals surface area contributed by atoms with E-state index in [0.29, 0.717) is 11.5 Å². The molecule has 0 heterocycles. The molecular formula is C19H29NO2. The second-order valence-electron chi connectivity index (χ2n) is 6.18. The van der Waals surface area contributed by atoms with Gasteiger partial charge in [0.1, 0.15) is 0 Å². The molecule has 3 heteroatoms. The lowest BCUT2D eigenvalue weighted by Crippen LogP contribution is -2.36. The average molecular weight is 303 g/mol. The zero-order valence-electron chi connectivity index (χ0n) is 14.1. The van der Waals surface area contributed by atoms with E-state index < -0.39 is 0 Å². The molecule has 122 valence electrons. The number of hydrogen-bond acceptors (Lipinski definition) is 2. The Bertz CT molecular complexity index is 456. The fourth-order valence-electron chi connectivity index (χ4n) is 2.71. The summed E-state index contributed by atoms with van der Waals surface area (Å²) in [6.07, 6.45) is 5.49. The maximum Gasteiger partial charge on any atom is 0.223 e. The van der Waals surface area contributed by atoms with Gasteiger partial charge in [0.05, 0.1) is 6.54 Å². The lowest BCUT2D eigenvalue weighted by atomic mass is 9.82. The number of hydrogen-bond donors (Lipinski definition) is 1. The predicted octanol–water partition coefficient (Wildman–Crippen LogP) is 4.23. The summed E-state index contributed by atoms with van der Waals surface area (Å²) in [7, 11) is 0. The zero-order valence-corrected chi connectivity index (χ0v) is 14.1. The van der Waals surface area contributed by atoms with Gasteiger partial charge in [-0.25, -0.2) is 0 Å². The minimum absolute atomic E-state index is 0.0298. The van der Waals surface area contributed by atoms with E-state index >= 15 is 0 Å². The Kier molecular flexibility index (Phi) is 8.49. The van der Waals surface area contributed by atoms with Crippen molar-refractivity contribution in [2.45, 2.75) is 52.9 Å². The summed E-state index contributed by atoms with van der Waals surface area (Å²) in [6.45, 7) is 6.54. The van der Waals surface area contributed by atoms with Crippen LogP contribution >= 0.6 is 0 Å². The first-order valence-electron chi connectivity index (χ1n) is 8.44. The zero-order chi connectivity index (χ0) is 16.4. The minimum atomic E-state index is -0.0298. The van der Waals surface area contributed by atoms with Crippen molar-refractivity contribution in [3.05, 3.63) is 35.9 Å². The van der Waals surface area contributed by atoms with Crippen LogP contribution in [0.1, 0.15) is 63.2 Å². The highest BCUT2D eigenvalue weighted by molar-refractivity contribution is 5.99. The van der Waals surface area contributed by atoms with E-state index in [0.717, 1.165) is 19.3 Å². The molecule has 1 aromatic carbocycles. The van der Waals surface area contributed by atoms with Crippen LogP contribution in [0, 0.1) is 11.8 Å². The van der Waals surface area contributed by atoms with Gasteiger partial charge < -0.3 is 5.32 Å². The van der Waals surface area contributed by atoms with Crippen molar-refractivity contribution in [2.75, 3.05) is 6.54 Å². The molecule has 0 radical (unpaired) electrons. The number of carbonyl (C=O) groups excluding carboxylic acids is 2. The highest BCUT2D eigenvalue weighted by Crippen LogP contribution is 2.28. The largest absolute Gasteiger partial charge is 0.348 e. The third-order valence-corrected chi connectivity index (χ3v) is 3.83. The Morgan fingerprint density at radius 2 is 1.77 bits per heavy atom. The first kappa shape index (κ1) is 18.4. The molecule has 1 aliphatic rings. The molecule has 1 saturated carbocycles. The molecule has 1 N–H and O–H groups in total. The highest BCUT2D eigenvalue weighted by Gasteiger charge is 2.25. The van der Waals surface area contributed by atoms with E-state index in [1.165, 1.54) is 12.8 Å². The van der Waals surface area contributed by atoms with Crippen molar-refractivity contribution in [1.29, 1.82) is 0 Å². The minimum Gasteiger partial charge on any atom is -0.348 e. The van der Waals surface area contributed by atoms with E-state index in [9.17, 15) is 9.59 Å². The first-order chi connectivity index (χ1) is 10.6. The molecular weight excluding hydrogens is 274 g/mol. The van der Waals surface area contributed by atoms with Crippen LogP contribution in [0.3, 0.4) is 0 Å². The summed E-state index contributed by atoms with van der Waals surface area (Å²) in [4.78, 5) is 23.9. The van der Waals surface area contributed by atoms with Gasteiger partial charge in [-0.3, -0.25) is 9.59 Å². The van der Waals surface area contributed by atoms with Crippen LogP contribution in [-0.4, -0.2) is 18.2 Å². The third-order valence-electron chi connectivity index (χ3n) is 3.83. The van der Waals surface area contributed by atoms with Gasteiger partial charge in [0.15, 0.2) is 5.78 Å². The van der Waals surface area contributed by atoms with Crippen molar-refractivity contribution in [3.63, 3.8) is 0 Å². The fraction of sp³-hybridized carbons (Fsp3) is 0.579. The number of rotatable bonds is 4. The van der Waals surface area contributed by atoms with Gasteiger partial charge in [-0.15, -0.1) is 0 Å². The lowest BCUT2D eigenvalue weighted by Gasteiger charge is -2.25. The number of Topliss-reactive ketones (excluding diaryl/α,β-unsaturated/α-hetero) is 1. The monoisotopic (exact) mass is 303 g/mol. The summed E-state index contributed by atoms with van der Waals surface area (Å²) in [5.41, 5.74) is 0.653. The van der Waals surface area contributed by atoms with Crippen LogP contribution in [0.5, 0.6) is 0 Å². The van der Waals surface area contributed by atoms with Crippen LogP contribution in [0.4, 0.5) is 0 Å². The Balaban J connectivity index is 0.000000745. The van der Waals surface area contributed by atoms with Gasteiger partial charge in [0.2, 0.25) is 5.91 Å². The second-order valence-corrected chi connectivity index (χ2v) is 6.18. The Labute approximate surface area is 134 Å². The summed E-state index contributed by atoms with van der Waals surface area (Å²) >= 11 is 0. The maximum absolute atomic E-state index is 12.0. The van der Waals surface area contributed by atoms with E-state index in [-0.39, 0.29) is 24.2 Å². The fourth-order valence-corrected chi connectivity index (χ4v) is 2.71. The lowest BCUT2D eigenvalue weighted by molar-refractivity contribution is -0.126. The van der Waals surface area contributed by atoms with Gasteiger partial charge in [-0.1, -0.05) is 70.4 Å². The van der Waals surface area contributed by atoms with E-state index in [2.05, 4.69) is 26.1 Å². The topological polar surface area (TPSA) is 46.2 Å². The third kappa shape index (κ3) is 6.42. The standard InChI is InChI=1S/C16H21NO2.C3H8/c1-12-6-5-9-14(10-12)16(19)17-11-15(18)13-7-3-2-4-8-13;1-3-2/h2-4,7-8,12,14H,5-6,9-11H2,1H3,(H,17,19);3H2,1-2H3. The smallest absolute Gasteiger partial charge is 0.223 e. The Morgan fingerprint density at radius 3 is 2.36 bits per heavy atom. The summed E-state index contributed by atoms with van der Waals surface area (Å²) in [6, 6.07) is 9.09. The van der Waals surface area contributed by atoms with Crippen LogP contribution in [0.2, 0.25) is 0 Å². The molecule has 2 atom stereocenters. The van der Waals surface area contributed by atoms with Crippen LogP contribution in [0.25, 0.3) is 0 Å². The number of nitrogens with one attached hydrogen (secondary N) is 1. The maximum atomic E-state index is 12.0. The van der Waals surface area contributed by atoms with E-state index in [1.807, 2.05) is 18.2 Å². The quantitative estimate of drug-likeness (QED) is 0.846. The molecule has 0 bridgehead atoms. The molecule has 1 aliphatic carbocycles. The normalized spacial score (nSPS) is 20.5. The average Bonchev–Trinajstić information content (AvgIpc) is 2.54. The van der Waals surface area contributed by atoms with Gasteiger partial charge in [0, 0.05) is 11.5 Å². The van der Waals surface area contributed by atoms with Gasteiger partial charge in [-0.2, -0.15) is 0 Å². The molecule has 2 rings (SSSR count). The number of benzene rings is 1. The van der Waals surface area contributed by atoms with Gasteiger partial charge in [0.25, 0.3) is 0 Å². The highest BCUT2D eigenvalue weighted by atomic mass is 16.2. The van der Waals surface area contributed by atoms with Crippen molar-refractivity contribution in [1.82, 2.24) is 5.32 Å².